The summed E-state index contributed by atoms with van der Waals surface area (Å²) in [6, 6.07) is 11.0. The SMILES string of the molecule is CCCCNC(=O)c1ccnc(C(=O)NCc2ccccc2C)c1. The van der Waals surface area contributed by atoms with E-state index in [9.17, 15) is 9.59 Å². The summed E-state index contributed by atoms with van der Waals surface area (Å²) in [5.74, 6) is -0.472. The van der Waals surface area contributed by atoms with Crippen molar-refractivity contribution < 1.29 is 9.59 Å². The molecule has 5 heteroatoms. The molecule has 24 heavy (non-hydrogen) atoms. The number of nitrogens with zero attached hydrogens (tertiary/aromatic N) is 1. The second-order valence-corrected chi connectivity index (χ2v) is 5.65. The molecule has 2 aromatic rings. The number of pyridine rings is 1. The van der Waals surface area contributed by atoms with Gasteiger partial charge in [-0.1, -0.05) is 37.6 Å². The van der Waals surface area contributed by atoms with Crippen LogP contribution in [0, 0.1) is 6.92 Å². The van der Waals surface area contributed by atoms with Gasteiger partial charge in [0.25, 0.3) is 11.8 Å². The van der Waals surface area contributed by atoms with Gasteiger partial charge >= 0.3 is 0 Å². The van der Waals surface area contributed by atoms with Crippen molar-refractivity contribution in [3.8, 4) is 0 Å². The lowest BCUT2D eigenvalue weighted by atomic mass is 10.1. The molecular weight excluding hydrogens is 302 g/mol. The first-order valence-corrected chi connectivity index (χ1v) is 8.18. The van der Waals surface area contributed by atoms with Crippen molar-refractivity contribution in [3.05, 3.63) is 65.0 Å². The molecule has 0 saturated heterocycles. The highest BCUT2D eigenvalue weighted by Gasteiger charge is 2.11. The zero-order valence-electron chi connectivity index (χ0n) is 14.1. The average molecular weight is 325 g/mol. The third kappa shape index (κ3) is 4.91. The van der Waals surface area contributed by atoms with Gasteiger partial charge in [0.15, 0.2) is 0 Å². The van der Waals surface area contributed by atoms with Gasteiger partial charge in [-0.05, 0) is 36.6 Å². The molecule has 1 aromatic heterocycles. The summed E-state index contributed by atoms with van der Waals surface area (Å²) in [5, 5.41) is 5.67. The van der Waals surface area contributed by atoms with Crippen LogP contribution >= 0.6 is 0 Å². The fourth-order valence-electron chi connectivity index (χ4n) is 2.25. The van der Waals surface area contributed by atoms with E-state index < -0.39 is 0 Å². The van der Waals surface area contributed by atoms with Crippen LogP contribution in [-0.4, -0.2) is 23.3 Å². The van der Waals surface area contributed by atoms with Crippen molar-refractivity contribution in [2.24, 2.45) is 0 Å². The topological polar surface area (TPSA) is 71.1 Å². The van der Waals surface area contributed by atoms with E-state index in [1.165, 1.54) is 12.3 Å². The first-order chi connectivity index (χ1) is 11.6. The number of benzene rings is 1. The van der Waals surface area contributed by atoms with Gasteiger partial charge in [-0.25, -0.2) is 0 Å². The van der Waals surface area contributed by atoms with Gasteiger partial charge in [0.05, 0.1) is 0 Å². The first kappa shape index (κ1) is 17.7. The van der Waals surface area contributed by atoms with Crippen molar-refractivity contribution in [3.63, 3.8) is 0 Å². The summed E-state index contributed by atoms with van der Waals surface area (Å²) in [7, 11) is 0. The molecule has 126 valence electrons. The fourth-order valence-corrected chi connectivity index (χ4v) is 2.25. The number of unbranched alkanes of at least 4 members (excludes halogenated alkanes) is 1. The number of hydrogen-bond acceptors (Lipinski definition) is 3. The van der Waals surface area contributed by atoms with E-state index >= 15 is 0 Å². The Morgan fingerprint density at radius 2 is 1.88 bits per heavy atom. The summed E-state index contributed by atoms with van der Waals surface area (Å²) in [4.78, 5) is 28.4. The second kappa shape index (κ2) is 8.82. The molecule has 0 aliphatic carbocycles. The van der Waals surface area contributed by atoms with E-state index in [0.29, 0.717) is 18.7 Å². The van der Waals surface area contributed by atoms with Gasteiger partial charge in [-0.3, -0.25) is 14.6 Å². The molecule has 0 spiro atoms. The third-order valence-corrected chi connectivity index (χ3v) is 3.77. The quantitative estimate of drug-likeness (QED) is 0.769. The van der Waals surface area contributed by atoms with Crippen molar-refractivity contribution in [1.29, 1.82) is 0 Å². The maximum Gasteiger partial charge on any atom is 0.270 e. The fraction of sp³-hybridized carbons (Fsp3) is 0.316. The lowest BCUT2D eigenvalue weighted by Crippen LogP contribution is -2.27. The number of nitrogens with one attached hydrogen (secondary N) is 2. The predicted octanol–water partition coefficient (Wildman–Crippen LogP) is 2.85. The van der Waals surface area contributed by atoms with Crippen molar-refractivity contribution in [2.75, 3.05) is 6.54 Å². The van der Waals surface area contributed by atoms with Crippen LogP contribution in [0.2, 0.25) is 0 Å². The van der Waals surface area contributed by atoms with E-state index in [-0.39, 0.29) is 17.5 Å². The molecule has 2 amide bonds. The Morgan fingerprint density at radius 1 is 1.08 bits per heavy atom. The van der Waals surface area contributed by atoms with Crippen molar-refractivity contribution >= 4 is 11.8 Å². The zero-order chi connectivity index (χ0) is 17.4. The summed E-state index contributed by atoms with van der Waals surface area (Å²) >= 11 is 0. The number of aromatic nitrogens is 1. The monoisotopic (exact) mass is 325 g/mol. The number of aryl methyl sites for hydroxylation is 1. The number of carbonyl (C=O) groups is 2. The van der Waals surface area contributed by atoms with Crippen LogP contribution in [0.15, 0.2) is 42.6 Å². The molecule has 0 radical (unpaired) electrons. The first-order valence-electron chi connectivity index (χ1n) is 8.18. The Labute approximate surface area is 142 Å². The largest absolute Gasteiger partial charge is 0.352 e. The van der Waals surface area contributed by atoms with Crippen LogP contribution in [0.5, 0.6) is 0 Å². The minimum absolute atomic E-state index is 0.182. The minimum Gasteiger partial charge on any atom is -0.352 e. The Hall–Kier alpha value is -2.69. The number of amides is 2. The van der Waals surface area contributed by atoms with Gasteiger partial charge in [0, 0.05) is 24.8 Å². The maximum atomic E-state index is 12.3. The van der Waals surface area contributed by atoms with Crippen molar-refractivity contribution in [2.45, 2.75) is 33.2 Å². The summed E-state index contributed by atoms with van der Waals surface area (Å²) in [6.45, 7) is 5.13. The zero-order valence-corrected chi connectivity index (χ0v) is 14.1. The van der Waals surface area contributed by atoms with Gasteiger partial charge in [0.1, 0.15) is 5.69 Å². The highest BCUT2D eigenvalue weighted by molar-refractivity contribution is 5.98. The van der Waals surface area contributed by atoms with Crippen LogP contribution < -0.4 is 10.6 Å². The predicted molar refractivity (Wildman–Crippen MR) is 93.8 cm³/mol. The van der Waals surface area contributed by atoms with Crippen LogP contribution in [0.25, 0.3) is 0 Å². The Balaban J connectivity index is 1.98. The molecule has 0 aliphatic heterocycles. The minimum atomic E-state index is -0.290. The highest BCUT2D eigenvalue weighted by Crippen LogP contribution is 2.07. The molecule has 0 aliphatic rings. The van der Waals surface area contributed by atoms with Crippen LogP contribution in [0.4, 0.5) is 0 Å². The molecule has 2 N–H and O–H groups in total. The summed E-state index contributed by atoms with van der Waals surface area (Å²) in [5.41, 5.74) is 2.86. The molecule has 0 bridgehead atoms. The van der Waals surface area contributed by atoms with Crippen LogP contribution in [-0.2, 0) is 6.54 Å². The Morgan fingerprint density at radius 3 is 2.62 bits per heavy atom. The Kier molecular flexibility index (Phi) is 6.49. The maximum absolute atomic E-state index is 12.3. The molecule has 2 rings (SSSR count). The van der Waals surface area contributed by atoms with Crippen molar-refractivity contribution in [1.82, 2.24) is 15.6 Å². The molecule has 0 unspecified atom stereocenters. The molecule has 1 heterocycles. The van der Waals surface area contributed by atoms with Gasteiger partial charge < -0.3 is 10.6 Å². The lowest BCUT2D eigenvalue weighted by molar-refractivity contribution is 0.0946. The number of rotatable bonds is 7. The molecule has 0 atom stereocenters. The van der Waals surface area contributed by atoms with E-state index in [0.717, 1.165) is 24.0 Å². The van der Waals surface area contributed by atoms with E-state index in [2.05, 4.69) is 22.5 Å². The Bertz CT molecular complexity index is 713. The number of carbonyl (C=O) groups excluding carboxylic acids is 2. The molecule has 5 nitrogen and oxygen atoms in total. The van der Waals surface area contributed by atoms with Gasteiger partial charge in [0.2, 0.25) is 0 Å². The second-order valence-electron chi connectivity index (χ2n) is 5.65. The average Bonchev–Trinajstić information content (AvgIpc) is 2.61. The standard InChI is InChI=1S/C19H23N3O2/c1-3-4-10-21-18(23)15-9-11-20-17(12-15)19(24)22-13-16-8-6-5-7-14(16)2/h5-9,11-12H,3-4,10,13H2,1-2H3,(H,21,23)(H,22,24). The van der Waals surface area contributed by atoms with Crippen LogP contribution in [0.3, 0.4) is 0 Å². The van der Waals surface area contributed by atoms with Gasteiger partial charge in [-0.15, -0.1) is 0 Å². The molecule has 0 fully saturated rings. The van der Waals surface area contributed by atoms with Crippen LogP contribution in [0.1, 0.15) is 51.7 Å². The summed E-state index contributed by atoms with van der Waals surface area (Å²) < 4.78 is 0. The van der Waals surface area contributed by atoms with Gasteiger partial charge in [-0.2, -0.15) is 0 Å². The number of hydrogen-bond donors (Lipinski definition) is 2. The van der Waals surface area contributed by atoms with E-state index in [4.69, 9.17) is 0 Å². The highest BCUT2D eigenvalue weighted by atomic mass is 16.2. The molecule has 1 aromatic carbocycles. The molecular formula is C19H23N3O2. The lowest BCUT2D eigenvalue weighted by Gasteiger charge is -2.08. The normalized spacial score (nSPS) is 10.2. The van der Waals surface area contributed by atoms with E-state index in [1.54, 1.807) is 6.07 Å². The third-order valence-electron chi connectivity index (χ3n) is 3.77. The van der Waals surface area contributed by atoms with E-state index in [1.807, 2.05) is 31.2 Å². The summed E-state index contributed by atoms with van der Waals surface area (Å²) in [6.07, 6.45) is 3.43. The smallest absolute Gasteiger partial charge is 0.270 e. The molecule has 0 saturated carbocycles.